The van der Waals surface area contributed by atoms with Crippen molar-refractivity contribution in [2.45, 2.75) is 25.8 Å². The van der Waals surface area contributed by atoms with Crippen LogP contribution in [0.5, 0.6) is 0 Å². The lowest BCUT2D eigenvalue weighted by atomic mass is 10.1. The van der Waals surface area contributed by atoms with Gasteiger partial charge in [-0.25, -0.2) is 9.97 Å². The van der Waals surface area contributed by atoms with E-state index < -0.39 is 5.91 Å². The monoisotopic (exact) mass is 337 g/mol. The van der Waals surface area contributed by atoms with E-state index in [2.05, 4.69) is 15.3 Å². The zero-order valence-corrected chi connectivity index (χ0v) is 14.1. The minimum Gasteiger partial charge on any atom is -0.342 e. The van der Waals surface area contributed by atoms with E-state index in [1.54, 1.807) is 12.3 Å². The zero-order chi connectivity index (χ0) is 17.6. The summed E-state index contributed by atoms with van der Waals surface area (Å²) in [5, 5.41) is 2.99. The number of carbonyl (C=O) groups excluding carboxylic acids is 1. The molecule has 25 heavy (non-hydrogen) atoms. The number of hydrogen-bond donors (Lipinski definition) is 1. The molecule has 0 radical (unpaired) electrons. The molecule has 7 nitrogen and oxygen atoms in total. The molecule has 0 unspecified atom stereocenters. The zero-order valence-electron chi connectivity index (χ0n) is 14.1. The lowest BCUT2D eigenvalue weighted by Gasteiger charge is -2.18. The third-order valence-corrected chi connectivity index (χ3v) is 4.69. The van der Waals surface area contributed by atoms with E-state index in [9.17, 15) is 9.59 Å². The van der Waals surface area contributed by atoms with Crippen LogP contribution in [0, 0.1) is 12.8 Å². The van der Waals surface area contributed by atoms with Crippen molar-refractivity contribution < 1.29 is 4.79 Å². The molecule has 0 aliphatic heterocycles. The van der Waals surface area contributed by atoms with Gasteiger partial charge in [0, 0.05) is 31.3 Å². The summed E-state index contributed by atoms with van der Waals surface area (Å²) in [5.74, 6) is 0.763. The molecule has 1 N–H and O–H groups in total. The van der Waals surface area contributed by atoms with Gasteiger partial charge in [0.2, 0.25) is 0 Å². The van der Waals surface area contributed by atoms with Gasteiger partial charge < -0.3 is 9.88 Å². The molecule has 0 spiro atoms. The predicted molar refractivity (Wildman–Crippen MR) is 92.3 cm³/mol. The summed E-state index contributed by atoms with van der Waals surface area (Å²) in [5.41, 5.74) is 0.971. The Morgan fingerprint density at radius 2 is 2.12 bits per heavy atom. The number of imidazole rings is 1. The van der Waals surface area contributed by atoms with Crippen LogP contribution in [0.4, 0.5) is 0 Å². The first kappa shape index (κ1) is 15.6. The quantitative estimate of drug-likeness (QED) is 0.784. The minimum absolute atomic E-state index is 0.0478. The maximum absolute atomic E-state index is 12.8. The minimum atomic E-state index is -0.407. The van der Waals surface area contributed by atoms with Gasteiger partial charge >= 0.3 is 0 Å². The van der Waals surface area contributed by atoms with Crippen LogP contribution in [0.25, 0.3) is 5.65 Å². The van der Waals surface area contributed by atoms with Gasteiger partial charge in [0.25, 0.3) is 11.5 Å². The number of aromatic nitrogens is 4. The molecule has 3 aromatic rings. The summed E-state index contributed by atoms with van der Waals surface area (Å²) in [6, 6.07) is 5.21. The first-order valence-corrected chi connectivity index (χ1v) is 8.31. The third-order valence-electron chi connectivity index (χ3n) is 4.69. The van der Waals surface area contributed by atoms with E-state index >= 15 is 0 Å². The Kier molecular flexibility index (Phi) is 3.63. The van der Waals surface area contributed by atoms with Crippen LogP contribution in [0.3, 0.4) is 0 Å². The lowest BCUT2D eigenvalue weighted by Crippen LogP contribution is -2.36. The molecule has 1 fully saturated rings. The molecule has 0 bridgehead atoms. The fourth-order valence-electron chi connectivity index (χ4n) is 3.15. The topological polar surface area (TPSA) is 81.3 Å². The highest BCUT2D eigenvalue weighted by atomic mass is 16.2. The average molecular weight is 337 g/mol. The maximum atomic E-state index is 12.8. The maximum Gasteiger partial charge on any atom is 0.270 e. The summed E-state index contributed by atoms with van der Waals surface area (Å²) in [6.45, 7) is 1.82. The Balaban J connectivity index is 1.70. The molecule has 1 aliphatic carbocycles. The molecule has 1 atom stereocenters. The molecule has 1 aliphatic rings. The van der Waals surface area contributed by atoms with Gasteiger partial charge in [0.1, 0.15) is 17.0 Å². The highest BCUT2D eigenvalue weighted by Gasteiger charge is 2.36. The van der Waals surface area contributed by atoms with E-state index in [-0.39, 0.29) is 17.2 Å². The Morgan fingerprint density at radius 1 is 1.32 bits per heavy atom. The van der Waals surface area contributed by atoms with E-state index in [0.717, 1.165) is 24.4 Å². The highest BCUT2D eigenvalue weighted by Crippen LogP contribution is 2.40. The highest BCUT2D eigenvalue weighted by molar-refractivity contribution is 5.94. The number of aryl methyl sites for hydroxylation is 2. The molecule has 4 rings (SSSR count). The molecule has 0 saturated heterocycles. The first-order valence-electron chi connectivity index (χ1n) is 8.31. The Labute approximate surface area is 144 Å². The number of nitrogens with zero attached hydrogens (tertiary/aromatic N) is 4. The van der Waals surface area contributed by atoms with Crippen LogP contribution < -0.4 is 10.9 Å². The van der Waals surface area contributed by atoms with Crippen LogP contribution >= 0.6 is 0 Å². The van der Waals surface area contributed by atoms with Crippen molar-refractivity contribution in [1.29, 1.82) is 0 Å². The SMILES string of the molecule is Cc1cccc2ncc(C(=O)N[C@@H](c3nccn3C)C3CC3)c(=O)n12. The van der Waals surface area contributed by atoms with Crippen LogP contribution in [0.15, 0.2) is 41.6 Å². The van der Waals surface area contributed by atoms with Gasteiger partial charge in [-0.3, -0.25) is 14.0 Å². The predicted octanol–water partition coefficient (Wildman–Crippen LogP) is 1.62. The van der Waals surface area contributed by atoms with Crippen molar-refractivity contribution in [3.8, 4) is 0 Å². The fraction of sp³-hybridized carbons (Fsp3) is 0.333. The second kappa shape index (κ2) is 5.84. The Bertz CT molecular complexity index is 1020. The molecule has 3 aromatic heterocycles. The van der Waals surface area contributed by atoms with Crippen molar-refractivity contribution in [3.05, 3.63) is 64.2 Å². The van der Waals surface area contributed by atoms with Crippen molar-refractivity contribution in [2.24, 2.45) is 13.0 Å². The average Bonchev–Trinajstić information content (AvgIpc) is 3.34. The molecule has 7 heteroatoms. The van der Waals surface area contributed by atoms with Crippen molar-refractivity contribution in [3.63, 3.8) is 0 Å². The second-order valence-corrected chi connectivity index (χ2v) is 6.52. The molecular weight excluding hydrogens is 318 g/mol. The van der Waals surface area contributed by atoms with Gasteiger partial charge in [-0.15, -0.1) is 0 Å². The normalized spacial score (nSPS) is 15.3. The van der Waals surface area contributed by atoms with E-state index in [4.69, 9.17) is 0 Å². The summed E-state index contributed by atoms with van der Waals surface area (Å²) in [7, 11) is 1.90. The molecule has 0 aromatic carbocycles. The number of rotatable bonds is 4. The fourth-order valence-corrected chi connectivity index (χ4v) is 3.15. The van der Waals surface area contributed by atoms with E-state index in [1.165, 1.54) is 10.6 Å². The summed E-state index contributed by atoms with van der Waals surface area (Å²) in [4.78, 5) is 34.1. The summed E-state index contributed by atoms with van der Waals surface area (Å²) < 4.78 is 3.36. The number of hydrogen-bond acceptors (Lipinski definition) is 4. The summed E-state index contributed by atoms with van der Waals surface area (Å²) >= 11 is 0. The molecule has 1 saturated carbocycles. The Hall–Kier alpha value is -2.96. The van der Waals surface area contributed by atoms with E-state index in [0.29, 0.717) is 11.6 Å². The lowest BCUT2D eigenvalue weighted by molar-refractivity contribution is 0.0927. The Morgan fingerprint density at radius 3 is 2.80 bits per heavy atom. The molecular formula is C18H19N5O2. The molecule has 1 amide bonds. The van der Waals surface area contributed by atoms with Gasteiger partial charge in [-0.05, 0) is 37.8 Å². The number of pyridine rings is 1. The first-order chi connectivity index (χ1) is 12.1. The van der Waals surface area contributed by atoms with Crippen molar-refractivity contribution in [1.82, 2.24) is 24.3 Å². The molecule has 128 valence electrons. The third kappa shape index (κ3) is 2.71. The van der Waals surface area contributed by atoms with E-state index in [1.807, 2.05) is 36.9 Å². The smallest absolute Gasteiger partial charge is 0.270 e. The van der Waals surface area contributed by atoms with Gasteiger partial charge in [-0.1, -0.05) is 6.07 Å². The van der Waals surface area contributed by atoms with Gasteiger partial charge in [0.05, 0.1) is 6.04 Å². The van der Waals surface area contributed by atoms with Gasteiger partial charge in [-0.2, -0.15) is 0 Å². The number of nitrogens with one attached hydrogen (secondary N) is 1. The molecule has 3 heterocycles. The van der Waals surface area contributed by atoms with Crippen molar-refractivity contribution >= 4 is 11.6 Å². The van der Waals surface area contributed by atoms with Crippen LogP contribution in [0.2, 0.25) is 0 Å². The standard InChI is InChI=1S/C18H19N5O2/c1-11-4-3-5-14-20-10-13(18(25)23(11)14)17(24)21-15(12-6-7-12)16-19-8-9-22(16)2/h3-5,8-10,12,15H,6-7H2,1-2H3,(H,21,24)/t15-/m1/s1. The number of amides is 1. The number of fused-ring (bicyclic) bond motifs is 1. The number of carbonyl (C=O) groups is 1. The van der Waals surface area contributed by atoms with Crippen LogP contribution in [0.1, 0.15) is 40.8 Å². The van der Waals surface area contributed by atoms with Gasteiger partial charge in [0.15, 0.2) is 0 Å². The largest absolute Gasteiger partial charge is 0.342 e. The summed E-state index contributed by atoms with van der Waals surface area (Å²) in [6.07, 6.45) is 7.02. The second-order valence-electron chi connectivity index (χ2n) is 6.52. The van der Waals surface area contributed by atoms with Crippen LogP contribution in [-0.4, -0.2) is 24.8 Å². The van der Waals surface area contributed by atoms with Crippen molar-refractivity contribution in [2.75, 3.05) is 0 Å². The van der Waals surface area contributed by atoms with Crippen LogP contribution in [-0.2, 0) is 7.05 Å².